The summed E-state index contributed by atoms with van der Waals surface area (Å²) in [5.41, 5.74) is 0.824. The molecule has 0 aromatic heterocycles. The van der Waals surface area contributed by atoms with Gasteiger partial charge in [0.1, 0.15) is 5.75 Å². The molecule has 2 N–H and O–H groups in total. The molecule has 2 amide bonds. The lowest BCUT2D eigenvalue weighted by molar-refractivity contribution is -0.146. The average Bonchev–Trinajstić information content (AvgIpc) is 2.65. The molecule has 29 heavy (non-hydrogen) atoms. The van der Waals surface area contributed by atoms with Gasteiger partial charge in [0.15, 0.2) is 0 Å². The topological polar surface area (TPSA) is 67.4 Å². The predicted molar refractivity (Wildman–Crippen MR) is 112 cm³/mol. The molecule has 4 aliphatic carbocycles. The zero-order valence-corrected chi connectivity index (χ0v) is 17.7. The van der Waals surface area contributed by atoms with Gasteiger partial charge in [0.2, 0.25) is 11.8 Å². The van der Waals surface area contributed by atoms with Crippen molar-refractivity contribution in [2.75, 3.05) is 6.54 Å². The normalized spacial score (nSPS) is 29.7. The van der Waals surface area contributed by atoms with Crippen LogP contribution < -0.4 is 15.4 Å². The monoisotopic (exact) mass is 398 g/mol. The molecule has 0 saturated heterocycles. The number of carbonyl (C=O) groups excluding carboxylic acids is 2. The van der Waals surface area contributed by atoms with Gasteiger partial charge in [-0.05, 0) is 76.2 Å². The van der Waals surface area contributed by atoms with Crippen LogP contribution in [0.4, 0.5) is 0 Å². The number of hydrogen-bond donors (Lipinski definition) is 2. The second-order valence-electron chi connectivity index (χ2n) is 9.75. The Morgan fingerprint density at radius 1 is 1.03 bits per heavy atom. The van der Waals surface area contributed by atoms with E-state index in [9.17, 15) is 9.59 Å². The Hall–Kier alpha value is -2.04. The molecule has 0 spiro atoms. The molecule has 4 saturated carbocycles. The van der Waals surface area contributed by atoms with Crippen LogP contribution in [0.1, 0.15) is 64.4 Å². The van der Waals surface area contributed by atoms with Crippen LogP contribution in [0, 0.1) is 23.2 Å². The van der Waals surface area contributed by atoms with Crippen molar-refractivity contribution in [3.63, 3.8) is 0 Å². The van der Waals surface area contributed by atoms with Gasteiger partial charge in [0.05, 0.1) is 6.10 Å². The molecule has 5 nitrogen and oxygen atoms in total. The van der Waals surface area contributed by atoms with Gasteiger partial charge < -0.3 is 15.4 Å². The third-order valence-corrected chi connectivity index (χ3v) is 6.97. The van der Waals surface area contributed by atoms with Gasteiger partial charge in [0.25, 0.3) is 0 Å². The SMILES string of the molecule is CC(C)Oc1ccccc1CNC(=O)CCNC(=O)C12CC3CC(CC(C3)C1)C2. The number of rotatable bonds is 8. The van der Waals surface area contributed by atoms with Gasteiger partial charge in [-0.3, -0.25) is 9.59 Å². The van der Waals surface area contributed by atoms with E-state index in [1.54, 1.807) is 0 Å². The molecule has 4 bridgehead atoms. The highest BCUT2D eigenvalue weighted by atomic mass is 16.5. The standard InChI is InChI=1S/C24H34N2O3/c1-16(2)29-21-6-4-3-5-20(21)15-26-22(27)7-8-25-23(28)24-12-17-9-18(13-24)11-19(10-17)14-24/h3-6,16-19H,7-15H2,1-2H3,(H,25,28)(H,26,27). The molecule has 4 aliphatic rings. The lowest BCUT2D eigenvalue weighted by atomic mass is 9.49. The van der Waals surface area contributed by atoms with Gasteiger partial charge in [0, 0.05) is 30.5 Å². The number of para-hydroxylation sites is 1. The van der Waals surface area contributed by atoms with Crippen molar-refractivity contribution in [2.24, 2.45) is 23.2 Å². The van der Waals surface area contributed by atoms with Crippen molar-refractivity contribution in [1.82, 2.24) is 10.6 Å². The molecule has 5 rings (SSSR count). The molecule has 158 valence electrons. The molecule has 5 heteroatoms. The van der Waals surface area contributed by atoms with Crippen molar-refractivity contribution < 1.29 is 14.3 Å². The van der Waals surface area contributed by atoms with Crippen LogP contribution >= 0.6 is 0 Å². The van der Waals surface area contributed by atoms with E-state index in [0.29, 0.717) is 19.5 Å². The fraction of sp³-hybridized carbons (Fsp3) is 0.667. The van der Waals surface area contributed by atoms with E-state index < -0.39 is 0 Å². The first-order chi connectivity index (χ1) is 13.9. The van der Waals surface area contributed by atoms with Gasteiger partial charge in [-0.25, -0.2) is 0 Å². The molecule has 0 heterocycles. The third kappa shape index (κ3) is 4.59. The Balaban J connectivity index is 1.22. The summed E-state index contributed by atoms with van der Waals surface area (Å²) < 4.78 is 5.80. The quantitative estimate of drug-likeness (QED) is 0.700. The van der Waals surface area contributed by atoms with Gasteiger partial charge in [-0.2, -0.15) is 0 Å². The summed E-state index contributed by atoms with van der Waals surface area (Å²) in [5, 5.41) is 6.03. The Bertz CT molecular complexity index is 723. The number of carbonyl (C=O) groups is 2. The Morgan fingerprint density at radius 2 is 1.66 bits per heavy atom. The Labute approximate surface area is 174 Å². The summed E-state index contributed by atoms with van der Waals surface area (Å²) in [6, 6.07) is 7.77. The van der Waals surface area contributed by atoms with Gasteiger partial charge >= 0.3 is 0 Å². The summed E-state index contributed by atoms with van der Waals surface area (Å²) in [5.74, 6) is 3.21. The molecule has 0 unspecified atom stereocenters. The second kappa shape index (κ2) is 8.37. The van der Waals surface area contributed by atoms with E-state index in [1.807, 2.05) is 38.1 Å². The number of ether oxygens (including phenoxy) is 1. The predicted octanol–water partition coefficient (Wildman–Crippen LogP) is 3.81. The maximum Gasteiger partial charge on any atom is 0.226 e. The molecule has 1 aromatic carbocycles. The van der Waals surface area contributed by atoms with Crippen LogP contribution in [0.5, 0.6) is 5.75 Å². The first-order valence-corrected chi connectivity index (χ1v) is 11.2. The number of hydrogen-bond acceptors (Lipinski definition) is 3. The zero-order chi connectivity index (χ0) is 20.4. The molecule has 0 aliphatic heterocycles. The van der Waals surface area contributed by atoms with Crippen molar-refractivity contribution in [3.8, 4) is 5.75 Å². The summed E-state index contributed by atoms with van der Waals surface area (Å²) in [6.45, 7) is 4.82. The zero-order valence-electron chi connectivity index (χ0n) is 17.7. The van der Waals surface area contributed by atoms with Gasteiger partial charge in [-0.15, -0.1) is 0 Å². The summed E-state index contributed by atoms with van der Waals surface area (Å²) in [4.78, 5) is 25.2. The highest BCUT2D eigenvalue weighted by Gasteiger charge is 2.54. The van der Waals surface area contributed by atoms with E-state index in [1.165, 1.54) is 19.3 Å². The number of benzene rings is 1. The van der Waals surface area contributed by atoms with Crippen molar-refractivity contribution in [3.05, 3.63) is 29.8 Å². The molecule has 0 atom stereocenters. The Morgan fingerprint density at radius 3 is 2.28 bits per heavy atom. The fourth-order valence-electron chi connectivity index (χ4n) is 6.17. The minimum atomic E-state index is -0.141. The van der Waals surface area contributed by atoms with Crippen LogP contribution in [-0.4, -0.2) is 24.5 Å². The summed E-state index contributed by atoms with van der Waals surface area (Å²) in [7, 11) is 0. The summed E-state index contributed by atoms with van der Waals surface area (Å²) in [6.07, 6.45) is 7.57. The highest BCUT2D eigenvalue weighted by molar-refractivity contribution is 5.84. The smallest absolute Gasteiger partial charge is 0.226 e. The second-order valence-corrected chi connectivity index (χ2v) is 9.75. The van der Waals surface area contributed by atoms with Crippen LogP contribution in [0.3, 0.4) is 0 Å². The van der Waals surface area contributed by atoms with Crippen LogP contribution in [-0.2, 0) is 16.1 Å². The van der Waals surface area contributed by atoms with E-state index in [0.717, 1.165) is 48.3 Å². The Kier molecular flexibility index (Phi) is 5.84. The van der Waals surface area contributed by atoms with Gasteiger partial charge in [-0.1, -0.05) is 18.2 Å². The number of nitrogens with one attached hydrogen (secondary N) is 2. The maximum atomic E-state index is 12.9. The van der Waals surface area contributed by atoms with Crippen molar-refractivity contribution in [1.29, 1.82) is 0 Å². The largest absolute Gasteiger partial charge is 0.491 e. The lowest BCUT2D eigenvalue weighted by Crippen LogP contribution is -2.53. The molecule has 1 aromatic rings. The van der Waals surface area contributed by atoms with Crippen LogP contribution in [0.2, 0.25) is 0 Å². The number of amides is 2. The van der Waals surface area contributed by atoms with E-state index in [4.69, 9.17) is 4.74 Å². The van der Waals surface area contributed by atoms with Crippen LogP contribution in [0.15, 0.2) is 24.3 Å². The minimum Gasteiger partial charge on any atom is -0.491 e. The van der Waals surface area contributed by atoms with E-state index in [2.05, 4.69) is 10.6 Å². The fourth-order valence-corrected chi connectivity index (χ4v) is 6.17. The van der Waals surface area contributed by atoms with Crippen molar-refractivity contribution >= 4 is 11.8 Å². The van der Waals surface area contributed by atoms with E-state index in [-0.39, 0.29) is 23.3 Å². The highest BCUT2D eigenvalue weighted by Crippen LogP contribution is 2.60. The molecular formula is C24H34N2O3. The maximum absolute atomic E-state index is 12.9. The molecule has 0 radical (unpaired) electrons. The average molecular weight is 399 g/mol. The molecular weight excluding hydrogens is 364 g/mol. The first-order valence-electron chi connectivity index (χ1n) is 11.2. The minimum absolute atomic E-state index is 0.0461. The van der Waals surface area contributed by atoms with Crippen LogP contribution in [0.25, 0.3) is 0 Å². The summed E-state index contributed by atoms with van der Waals surface area (Å²) >= 11 is 0. The van der Waals surface area contributed by atoms with E-state index >= 15 is 0 Å². The third-order valence-electron chi connectivity index (χ3n) is 6.97. The van der Waals surface area contributed by atoms with Crippen molar-refractivity contribution in [2.45, 2.75) is 71.4 Å². The first kappa shape index (κ1) is 20.2. The lowest BCUT2D eigenvalue weighted by Gasteiger charge is -2.55. The molecule has 4 fully saturated rings.